The molecule has 0 bridgehead atoms. The molecule has 4 heteroatoms. The van der Waals surface area contributed by atoms with Crippen LogP contribution in [0, 0.1) is 22.7 Å². The number of benzene rings is 1. The summed E-state index contributed by atoms with van der Waals surface area (Å²) in [7, 11) is 1.74. The van der Waals surface area contributed by atoms with Crippen LogP contribution in [-0.2, 0) is 15.9 Å². The van der Waals surface area contributed by atoms with Crippen molar-refractivity contribution in [1.82, 2.24) is 0 Å². The Morgan fingerprint density at radius 3 is 2.72 bits per heavy atom. The van der Waals surface area contributed by atoms with E-state index in [2.05, 4.69) is 39.0 Å². The SMILES string of the molecule is CCOC(C)OC1CC(O)[C@@]2(C)CC[C@@H]3c4ccc(OC)cc4CC(C)[C@H]3C12C. The highest BCUT2D eigenvalue weighted by Crippen LogP contribution is 2.69. The van der Waals surface area contributed by atoms with Gasteiger partial charge in [0.15, 0.2) is 6.29 Å². The van der Waals surface area contributed by atoms with Gasteiger partial charge < -0.3 is 19.3 Å². The summed E-state index contributed by atoms with van der Waals surface area (Å²) < 4.78 is 17.7. The average Bonchev–Trinajstić information content (AvgIpc) is 2.88. The third kappa shape index (κ3) is 3.05. The van der Waals surface area contributed by atoms with Gasteiger partial charge >= 0.3 is 0 Å². The van der Waals surface area contributed by atoms with Crippen molar-refractivity contribution >= 4 is 0 Å². The third-order valence-corrected chi connectivity index (χ3v) is 8.83. The van der Waals surface area contributed by atoms with Gasteiger partial charge in [0, 0.05) is 23.9 Å². The molecular formula is C25H38O4. The molecular weight excluding hydrogens is 364 g/mol. The summed E-state index contributed by atoms with van der Waals surface area (Å²) in [4.78, 5) is 0. The molecule has 5 unspecified atom stereocenters. The van der Waals surface area contributed by atoms with Gasteiger partial charge in [-0.25, -0.2) is 0 Å². The van der Waals surface area contributed by atoms with Crippen LogP contribution in [-0.4, -0.2) is 37.3 Å². The lowest BCUT2D eigenvalue weighted by molar-refractivity contribution is -0.213. The Hall–Kier alpha value is -1.10. The Morgan fingerprint density at radius 1 is 1.28 bits per heavy atom. The van der Waals surface area contributed by atoms with Crippen LogP contribution >= 0.6 is 0 Å². The molecule has 3 aliphatic rings. The van der Waals surface area contributed by atoms with Crippen molar-refractivity contribution in [3.05, 3.63) is 29.3 Å². The van der Waals surface area contributed by atoms with Gasteiger partial charge in [0.05, 0.1) is 19.3 Å². The second-order valence-electron chi connectivity index (χ2n) is 10.0. The number of hydrogen-bond acceptors (Lipinski definition) is 4. The fourth-order valence-corrected chi connectivity index (χ4v) is 7.28. The Morgan fingerprint density at radius 2 is 2.03 bits per heavy atom. The summed E-state index contributed by atoms with van der Waals surface area (Å²) in [5, 5.41) is 11.2. The molecule has 1 N–H and O–H groups in total. The minimum atomic E-state index is -0.322. The number of hydrogen-bond donors (Lipinski definition) is 1. The van der Waals surface area contributed by atoms with Gasteiger partial charge in [-0.15, -0.1) is 0 Å². The lowest BCUT2D eigenvalue weighted by Gasteiger charge is -2.60. The first-order chi connectivity index (χ1) is 13.8. The van der Waals surface area contributed by atoms with Gasteiger partial charge in [-0.1, -0.05) is 26.8 Å². The first-order valence-corrected chi connectivity index (χ1v) is 11.4. The van der Waals surface area contributed by atoms with E-state index >= 15 is 0 Å². The second kappa shape index (κ2) is 7.55. The fourth-order valence-electron chi connectivity index (χ4n) is 7.28. The zero-order valence-electron chi connectivity index (χ0n) is 18.9. The normalized spacial score (nSPS) is 42.0. The average molecular weight is 403 g/mol. The van der Waals surface area contributed by atoms with Crippen LogP contribution in [0.5, 0.6) is 5.75 Å². The predicted molar refractivity (Wildman–Crippen MR) is 114 cm³/mol. The van der Waals surface area contributed by atoms with Gasteiger partial charge in [0.2, 0.25) is 0 Å². The van der Waals surface area contributed by atoms with Crippen molar-refractivity contribution in [3.63, 3.8) is 0 Å². The van der Waals surface area contributed by atoms with Crippen molar-refractivity contribution < 1.29 is 19.3 Å². The fraction of sp³-hybridized carbons (Fsp3) is 0.760. The Bertz CT molecular complexity index is 748. The van der Waals surface area contributed by atoms with E-state index in [4.69, 9.17) is 14.2 Å². The van der Waals surface area contributed by atoms with Crippen molar-refractivity contribution in [1.29, 1.82) is 0 Å². The molecule has 3 aliphatic carbocycles. The van der Waals surface area contributed by atoms with Crippen LogP contribution in [0.1, 0.15) is 70.9 Å². The maximum Gasteiger partial charge on any atom is 0.155 e. The minimum absolute atomic E-state index is 0.0131. The van der Waals surface area contributed by atoms with Crippen molar-refractivity contribution in [2.75, 3.05) is 13.7 Å². The monoisotopic (exact) mass is 402 g/mol. The van der Waals surface area contributed by atoms with Crippen LogP contribution in [0.4, 0.5) is 0 Å². The van der Waals surface area contributed by atoms with E-state index in [1.165, 1.54) is 11.1 Å². The van der Waals surface area contributed by atoms with E-state index < -0.39 is 0 Å². The Balaban J connectivity index is 1.74. The molecule has 8 atom stereocenters. The number of fused-ring (bicyclic) bond motifs is 5. The van der Waals surface area contributed by atoms with Crippen LogP contribution in [0.15, 0.2) is 18.2 Å². The number of aliphatic hydroxyl groups is 1. The van der Waals surface area contributed by atoms with Crippen molar-refractivity contribution in [2.24, 2.45) is 22.7 Å². The zero-order chi connectivity index (χ0) is 21.0. The molecule has 4 nitrogen and oxygen atoms in total. The van der Waals surface area contributed by atoms with E-state index in [0.29, 0.717) is 30.8 Å². The topological polar surface area (TPSA) is 47.9 Å². The maximum atomic E-state index is 11.2. The number of methoxy groups -OCH3 is 1. The van der Waals surface area contributed by atoms with Crippen LogP contribution in [0.25, 0.3) is 0 Å². The van der Waals surface area contributed by atoms with Crippen LogP contribution in [0.3, 0.4) is 0 Å². The summed E-state index contributed by atoms with van der Waals surface area (Å²) in [6, 6.07) is 6.62. The Labute approximate surface area is 175 Å². The molecule has 1 aromatic rings. The molecule has 2 saturated carbocycles. The summed E-state index contributed by atoms with van der Waals surface area (Å²) in [5.74, 6) is 2.47. The van der Waals surface area contributed by atoms with Gasteiger partial charge in [-0.3, -0.25) is 0 Å². The van der Waals surface area contributed by atoms with Gasteiger partial charge in [0.25, 0.3) is 0 Å². The summed E-state index contributed by atoms with van der Waals surface area (Å²) in [6.45, 7) is 11.7. The molecule has 29 heavy (non-hydrogen) atoms. The highest BCUT2D eigenvalue weighted by atomic mass is 16.7. The molecule has 162 valence electrons. The molecule has 0 heterocycles. The molecule has 0 spiro atoms. The van der Waals surface area contributed by atoms with E-state index in [1.807, 2.05) is 13.8 Å². The number of ether oxygens (including phenoxy) is 3. The summed E-state index contributed by atoms with van der Waals surface area (Å²) >= 11 is 0. The molecule has 0 radical (unpaired) electrons. The van der Waals surface area contributed by atoms with Gasteiger partial charge in [-0.2, -0.15) is 0 Å². The van der Waals surface area contributed by atoms with Gasteiger partial charge in [-0.05, 0) is 74.1 Å². The molecule has 2 fully saturated rings. The molecule has 4 rings (SSSR count). The number of rotatable bonds is 5. The summed E-state index contributed by atoms with van der Waals surface area (Å²) in [6.07, 6.45) is 3.37. The molecule has 1 aromatic carbocycles. The molecule has 0 aromatic heterocycles. The van der Waals surface area contributed by atoms with Crippen LogP contribution in [0.2, 0.25) is 0 Å². The van der Waals surface area contributed by atoms with E-state index in [9.17, 15) is 5.11 Å². The second-order valence-corrected chi connectivity index (χ2v) is 10.0. The lowest BCUT2D eigenvalue weighted by atomic mass is 9.45. The minimum Gasteiger partial charge on any atom is -0.497 e. The molecule has 0 aliphatic heterocycles. The largest absolute Gasteiger partial charge is 0.497 e. The Kier molecular flexibility index (Phi) is 5.50. The maximum absolute atomic E-state index is 11.2. The number of aliphatic hydroxyl groups excluding tert-OH is 1. The van der Waals surface area contributed by atoms with Crippen molar-refractivity contribution in [2.45, 2.75) is 84.7 Å². The predicted octanol–water partition coefficient (Wildman–Crippen LogP) is 4.93. The van der Waals surface area contributed by atoms with E-state index in [1.54, 1.807) is 7.11 Å². The molecule has 0 amide bonds. The lowest BCUT2D eigenvalue weighted by Crippen LogP contribution is -2.57. The van der Waals surface area contributed by atoms with E-state index in [0.717, 1.165) is 25.0 Å². The quantitative estimate of drug-likeness (QED) is 0.710. The highest BCUT2D eigenvalue weighted by Gasteiger charge is 2.67. The standard InChI is InChI=1S/C25H38O4/c1-7-28-16(3)29-22-14-21(26)24(4)11-10-20-19-9-8-18(27-6)13-17(19)12-15(2)23(20)25(22,24)5/h8-9,13,15-16,20-23,26H,7,10-12,14H2,1-6H3/t15?,16?,20-,21?,22?,23-,24-,25?/m1/s1. The molecule has 0 saturated heterocycles. The first-order valence-electron chi connectivity index (χ1n) is 11.4. The highest BCUT2D eigenvalue weighted by molar-refractivity contribution is 5.42. The van der Waals surface area contributed by atoms with Gasteiger partial charge in [0.1, 0.15) is 5.75 Å². The van der Waals surface area contributed by atoms with Crippen LogP contribution < -0.4 is 4.74 Å². The third-order valence-electron chi connectivity index (χ3n) is 8.83. The first kappa shape index (κ1) is 21.1. The van der Waals surface area contributed by atoms with Crippen molar-refractivity contribution in [3.8, 4) is 5.75 Å². The summed E-state index contributed by atoms with van der Waals surface area (Å²) in [5.41, 5.74) is 2.71. The zero-order valence-corrected chi connectivity index (χ0v) is 18.9. The van der Waals surface area contributed by atoms with E-state index in [-0.39, 0.29) is 29.3 Å². The smallest absolute Gasteiger partial charge is 0.155 e.